The van der Waals surface area contributed by atoms with Gasteiger partial charge in [0.2, 0.25) is 0 Å². The zero-order valence-electron chi connectivity index (χ0n) is 12.7. The minimum atomic E-state index is 0.401. The number of ether oxygens (including phenoxy) is 1. The second kappa shape index (κ2) is 8.20. The average molecular weight is 269 g/mol. The topological polar surface area (TPSA) is 27.7 Å². The Labute approximate surface area is 118 Å². The lowest BCUT2D eigenvalue weighted by molar-refractivity contribution is -0.0391. The standard InChI is InChI=1S/C15H31N3O/c1-3-18-10-11-19-15(13-18)12-17(2)9-7-14-6-4-5-8-16-14/h14-16H,3-13H2,1-2H3. The fraction of sp³-hybridized carbons (Fsp3) is 1.00. The molecule has 2 saturated heterocycles. The summed E-state index contributed by atoms with van der Waals surface area (Å²) in [4.78, 5) is 4.94. The predicted molar refractivity (Wildman–Crippen MR) is 79.6 cm³/mol. The summed E-state index contributed by atoms with van der Waals surface area (Å²) in [7, 11) is 2.23. The quantitative estimate of drug-likeness (QED) is 0.783. The molecule has 0 bridgehead atoms. The van der Waals surface area contributed by atoms with E-state index in [9.17, 15) is 0 Å². The van der Waals surface area contributed by atoms with Gasteiger partial charge in [-0.3, -0.25) is 4.90 Å². The molecule has 0 aromatic rings. The Morgan fingerprint density at radius 1 is 1.37 bits per heavy atom. The molecule has 2 aliphatic heterocycles. The fourth-order valence-corrected chi connectivity index (χ4v) is 3.16. The van der Waals surface area contributed by atoms with Gasteiger partial charge >= 0.3 is 0 Å². The Kier molecular flexibility index (Phi) is 6.57. The molecule has 0 aromatic carbocycles. The van der Waals surface area contributed by atoms with Crippen LogP contribution in [-0.4, -0.2) is 74.9 Å². The smallest absolute Gasteiger partial charge is 0.0829 e. The monoisotopic (exact) mass is 269 g/mol. The van der Waals surface area contributed by atoms with E-state index < -0.39 is 0 Å². The number of piperidine rings is 1. The zero-order chi connectivity index (χ0) is 13.5. The van der Waals surface area contributed by atoms with Crippen LogP contribution in [0, 0.1) is 0 Å². The average Bonchev–Trinajstić information content (AvgIpc) is 2.46. The number of rotatable bonds is 6. The summed E-state index contributed by atoms with van der Waals surface area (Å²) in [6, 6.07) is 0.746. The number of nitrogens with zero attached hydrogens (tertiary/aromatic N) is 2. The van der Waals surface area contributed by atoms with Crippen LogP contribution in [0.1, 0.15) is 32.6 Å². The number of nitrogens with one attached hydrogen (secondary N) is 1. The van der Waals surface area contributed by atoms with E-state index in [1.807, 2.05) is 0 Å². The Balaban J connectivity index is 1.61. The molecular formula is C15H31N3O. The summed E-state index contributed by atoms with van der Waals surface area (Å²) in [5.74, 6) is 0. The third-order valence-corrected chi connectivity index (χ3v) is 4.46. The Bertz CT molecular complexity index is 244. The second-order valence-electron chi connectivity index (χ2n) is 6.08. The van der Waals surface area contributed by atoms with Crippen molar-refractivity contribution in [3.05, 3.63) is 0 Å². The van der Waals surface area contributed by atoms with Crippen LogP contribution < -0.4 is 5.32 Å². The summed E-state index contributed by atoms with van der Waals surface area (Å²) >= 11 is 0. The van der Waals surface area contributed by atoms with Crippen LogP contribution in [0.5, 0.6) is 0 Å². The molecule has 4 heteroatoms. The van der Waals surface area contributed by atoms with E-state index in [4.69, 9.17) is 4.74 Å². The van der Waals surface area contributed by atoms with Gasteiger partial charge in [0.1, 0.15) is 0 Å². The van der Waals surface area contributed by atoms with E-state index in [2.05, 4.69) is 29.1 Å². The lowest BCUT2D eigenvalue weighted by Crippen LogP contribution is -2.47. The van der Waals surface area contributed by atoms with Crippen molar-refractivity contribution in [3.8, 4) is 0 Å². The zero-order valence-corrected chi connectivity index (χ0v) is 12.7. The molecule has 0 aromatic heterocycles. The van der Waals surface area contributed by atoms with E-state index in [-0.39, 0.29) is 0 Å². The molecule has 2 unspecified atom stereocenters. The Hall–Kier alpha value is -0.160. The van der Waals surface area contributed by atoms with Gasteiger partial charge in [0, 0.05) is 25.7 Å². The maximum absolute atomic E-state index is 5.87. The molecule has 0 aliphatic carbocycles. The molecule has 0 saturated carbocycles. The van der Waals surface area contributed by atoms with Crippen molar-refractivity contribution in [2.45, 2.75) is 44.8 Å². The van der Waals surface area contributed by atoms with E-state index in [1.54, 1.807) is 0 Å². The van der Waals surface area contributed by atoms with Gasteiger partial charge in [-0.25, -0.2) is 0 Å². The first-order valence-corrected chi connectivity index (χ1v) is 8.04. The third-order valence-electron chi connectivity index (χ3n) is 4.46. The molecule has 19 heavy (non-hydrogen) atoms. The molecule has 0 amide bonds. The minimum Gasteiger partial charge on any atom is -0.374 e. The van der Waals surface area contributed by atoms with Crippen LogP contribution in [0.25, 0.3) is 0 Å². The van der Waals surface area contributed by atoms with Crippen molar-refractivity contribution in [2.75, 3.05) is 52.9 Å². The first-order chi connectivity index (χ1) is 9.28. The number of hydrogen-bond donors (Lipinski definition) is 1. The molecule has 0 spiro atoms. The minimum absolute atomic E-state index is 0.401. The molecule has 2 fully saturated rings. The maximum Gasteiger partial charge on any atom is 0.0829 e. The van der Waals surface area contributed by atoms with Crippen LogP contribution in [0.4, 0.5) is 0 Å². The first kappa shape index (κ1) is 15.2. The molecule has 2 heterocycles. The van der Waals surface area contributed by atoms with Crippen molar-refractivity contribution >= 4 is 0 Å². The van der Waals surface area contributed by atoms with Crippen molar-refractivity contribution < 1.29 is 4.74 Å². The lowest BCUT2D eigenvalue weighted by Gasteiger charge is -2.34. The van der Waals surface area contributed by atoms with Gasteiger partial charge < -0.3 is 15.0 Å². The molecule has 2 rings (SSSR count). The molecule has 0 radical (unpaired) electrons. The van der Waals surface area contributed by atoms with Gasteiger partial charge in [-0.05, 0) is 45.9 Å². The van der Waals surface area contributed by atoms with Crippen molar-refractivity contribution in [2.24, 2.45) is 0 Å². The van der Waals surface area contributed by atoms with Gasteiger partial charge in [-0.1, -0.05) is 13.3 Å². The van der Waals surface area contributed by atoms with E-state index in [1.165, 1.54) is 38.8 Å². The lowest BCUT2D eigenvalue weighted by atomic mass is 10.0. The summed E-state index contributed by atoms with van der Waals surface area (Å²) in [5.41, 5.74) is 0. The highest BCUT2D eigenvalue weighted by Gasteiger charge is 2.21. The number of likely N-dealkylation sites (N-methyl/N-ethyl adjacent to an activating group) is 2. The highest BCUT2D eigenvalue weighted by atomic mass is 16.5. The Morgan fingerprint density at radius 2 is 2.26 bits per heavy atom. The number of hydrogen-bond acceptors (Lipinski definition) is 4. The van der Waals surface area contributed by atoms with Gasteiger partial charge in [-0.15, -0.1) is 0 Å². The van der Waals surface area contributed by atoms with Crippen LogP contribution in [0.2, 0.25) is 0 Å². The first-order valence-electron chi connectivity index (χ1n) is 8.04. The van der Waals surface area contributed by atoms with E-state index >= 15 is 0 Å². The van der Waals surface area contributed by atoms with Crippen LogP contribution in [-0.2, 0) is 4.74 Å². The highest BCUT2D eigenvalue weighted by molar-refractivity contribution is 4.76. The van der Waals surface area contributed by atoms with Crippen molar-refractivity contribution in [1.29, 1.82) is 0 Å². The number of morpholine rings is 1. The molecule has 2 atom stereocenters. The fourth-order valence-electron chi connectivity index (χ4n) is 3.16. The van der Waals surface area contributed by atoms with Crippen LogP contribution >= 0.6 is 0 Å². The summed E-state index contributed by atoms with van der Waals surface area (Å²) in [5, 5.41) is 3.63. The van der Waals surface area contributed by atoms with Gasteiger partial charge in [0.15, 0.2) is 0 Å². The van der Waals surface area contributed by atoms with E-state index in [0.29, 0.717) is 6.10 Å². The highest BCUT2D eigenvalue weighted by Crippen LogP contribution is 2.11. The normalized spacial score (nSPS) is 29.8. The molecule has 112 valence electrons. The second-order valence-corrected chi connectivity index (χ2v) is 6.08. The molecular weight excluding hydrogens is 238 g/mol. The van der Waals surface area contributed by atoms with E-state index in [0.717, 1.165) is 38.8 Å². The summed E-state index contributed by atoms with van der Waals surface area (Å²) < 4.78 is 5.87. The largest absolute Gasteiger partial charge is 0.374 e. The summed E-state index contributed by atoms with van der Waals surface area (Å²) in [6.07, 6.45) is 5.80. The maximum atomic E-state index is 5.87. The third kappa shape index (κ3) is 5.38. The predicted octanol–water partition coefficient (Wildman–Crippen LogP) is 1.17. The van der Waals surface area contributed by atoms with Gasteiger partial charge in [0.05, 0.1) is 12.7 Å². The van der Waals surface area contributed by atoms with Gasteiger partial charge in [0.25, 0.3) is 0 Å². The van der Waals surface area contributed by atoms with Crippen LogP contribution in [0.3, 0.4) is 0 Å². The molecule has 2 aliphatic rings. The SMILES string of the molecule is CCN1CCOC(CN(C)CCC2CCCCN2)C1. The summed E-state index contributed by atoms with van der Waals surface area (Å²) in [6.45, 7) is 9.95. The molecule has 1 N–H and O–H groups in total. The molecule has 4 nitrogen and oxygen atoms in total. The Morgan fingerprint density at radius 3 is 3.00 bits per heavy atom. The van der Waals surface area contributed by atoms with Gasteiger partial charge in [-0.2, -0.15) is 0 Å². The van der Waals surface area contributed by atoms with Crippen molar-refractivity contribution in [3.63, 3.8) is 0 Å². The van der Waals surface area contributed by atoms with Crippen molar-refractivity contribution in [1.82, 2.24) is 15.1 Å². The van der Waals surface area contributed by atoms with Crippen LogP contribution in [0.15, 0.2) is 0 Å².